The molecule has 1 fully saturated rings. The zero-order valence-corrected chi connectivity index (χ0v) is 18.9. The van der Waals surface area contributed by atoms with Gasteiger partial charge in [-0.25, -0.2) is 9.97 Å². The summed E-state index contributed by atoms with van der Waals surface area (Å²) in [6.07, 6.45) is 7.87. The molecule has 4 heterocycles. The van der Waals surface area contributed by atoms with E-state index in [1.54, 1.807) is 0 Å². The number of pyridine rings is 2. The van der Waals surface area contributed by atoms with Crippen LogP contribution in [0.15, 0.2) is 61.6 Å². The molecule has 32 heavy (non-hydrogen) atoms. The lowest BCUT2D eigenvalue weighted by molar-refractivity contribution is 0.253. The van der Waals surface area contributed by atoms with Crippen molar-refractivity contribution in [2.24, 2.45) is 0 Å². The molecule has 0 aliphatic carbocycles. The molecular weight excluding hydrogens is 416 g/mol. The molecule has 1 aliphatic rings. The number of fused-ring (bicyclic) bond motifs is 1. The normalized spacial score (nSPS) is 15.2. The van der Waals surface area contributed by atoms with Crippen LogP contribution in [0.5, 0.6) is 0 Å². The summed E-state index contributed by atoms with van der Waals surface area (Å²) < 4.78 is 0. The average Bonchev–Trinajstić information content (AvgIpc) is 3.25. The van der Waals surface area contributed by atoms with Gasteiger partial charge in [0.25, 0.3) is 0 Å². The molecule has 0 saturated carbocycles. The van der Waals surface area contributed by atoms with Crippen LogP contribution in [0, 0.1) is 0 Å². The molecule has 1 aromatic carbocycles. The third kappa shape index (κ3) is 4.35. The highest BCUT2D eigenvalue weighted by Crippen LogP contribution is 2.31. The lowest BCUT2D eigenvalue weighted by Crippen LogP contribution is -2.29. The Morgan fingerprint density at radius 2 is 1.91 bits per heavy atom. The van der Waals surface area contributed by atoms with Gasteiger partial charge in [-0.1, -0.05) is 30.0 Å². The molecule has 0 bridgehead atoms. The van der Waals surface area contributed by atoms with E-state index in [4.69, 9.17) is 5.73 Å². The maximum absolute atomic E-state index is 5.80. The van der Waals surface area contributed by atoms with Gasteiger partial charge in [-0.15, -0.1) is 0 Å². The maximum atomic E-state index is 5.80. The number of hydrogen-bond donors (Lipinski definition) is 2. The molecule has 0 amide bonds. The minimum absolute atomic E-state index is 0.511. The molecule has 162 valence electrons. The third-order valence-corrected chi connectivity index (χ3v) is 6.95. The van der Waals surface area contributed by atoms with E-state index in [1.807, 2.05) is 30.7 Å². The zero-order chi connectivity index (χ0) is 22.1. The fourth-order valence-electron chi connectivity index (χ4n) is 4.17. The van der Waals surface area contributed by atoms with Crippen LogP contribution in [0.4, 0.5) is 10.9 Å². The van der Waals surface area contributed by atoms with E-state index in [9.17, 15) is 0 Å². The van der Waals surface area contributed by atoms with Crippen molar-refractivity contribution >= 4 is 38.8 Å². The number of aromatic nitrogens is 3. The van der Waals surface area contributed by atoms with Gasteiger partial charge in [0.05, 0.1) is 4.88 Å². The highest BCUT2D eigenvalue weighted by molar-refractivity contribution is 7.18. The summed E-state index contributed by atoms with van der Waals surface area (Å²) in [4.78, 5) is 16.8. The molecule has 0 radical (unpaired) electrons. The van der Waals surface area contributed by atoms with Crippen LogP contribution in [-0.4, -0.2) is 40.0 Å². The monoisotopic (exact) mass is 442 g/mol. The molecule has 0 spiro atoms. The Morgan fingerprint density at radius 3 is 2.69 bits per heavy atom. The van der Waals surface area contributed by atoms with Crippen LogP contribution in [-0.2, 0) is 0 Å². The molecular formula is C25H26N6S. The van der Waals surface area contributed by atoms with Crippen LogP contribution in [0.2, 0.25) is 0 Å². The summed E-state index contributed by atoms with van der Waals surface area (Å²) in [5, 5.41) is 6.13. The van der Waals surface area contributed by atoms with Gasteiger partial charge >= 0.3 is 0 Å². The van der Waals surface area contributed by atoms with Gasteiger partial charge in [0.1, 0.15) is 5.82 Å². The molecule has 6 nitrogen and oxygen atoms in total. The topological polar surface area (TPSA) is 80.0 Å². The standard InChI is InChI=1S/C25H26N6S/c1-16(18-5-8-27-22(12-18)17-6-9-31(2)10-7-17)30-24-13-21-11-19(3-4-20(21)14-28-24)23-15-29-25(26)32-23/h3-5,8,11-15,17H,1,6-7,9-10H2,2H3,(H2,26,29)(H,28,30). The predicted octanol–water partition coefficient (Wildman–Crippen LogP) is 5.23. The summed E-state index contributed by atoms with van der Waals surface area (Å²) in [6, 6.07) is 12.5. The number of nitrogen functional groups attached to an aromatic ring is 1. The van der Waals surface area contributed by atoms with E-state index >= 15 is 0 Å². The number of anilines is 2. The van der Waals surface area contributed by atoms with Crippen LogP contribution in [0.3, 0.4) is 0 Å². The van der Waals surface area contributed by atoms with E-state index in [0.29, 0.717) is 11.0 Å². The maximum Gasteiger partial charge on any atom is 0.180 e. The lowest BCUT2D eigenvalue weighted by atomic mass is 9.92. The van der Waals surface area contributed by atoms with E-state index in [1.165, 1.54) is 11.3 Å². The van der Waals surface area contributed by atoms with Crippen molar-refractivity contribution in [3.63, 3.8) is 0 Å². The van der Waals surface area contributed by atoms with Crippen molar-refractivity contribution in [1.29, 1.82) is 0 Å². The van der Waals surface area contributed by atoms with E-state index < -0.39 is 0 Å². The summed E-state index contributed by atoms with van der Waals surface area (Å²) in [7, 11) is 2.18. The molecule has 7 heteroatoms. The molecule has 5 rings (SSSR count). The van der Waals surface area contributed by atoms with Gasteiger partial charge in [-0.2, -0.15) is 0 Å². The van der Waals surface area contributed by atoms with Gasteiger partial charge in [-0.3, -0.25) is 4.98 Å². The van der Waals surface area contributed by atoms with Gasteiger partial charge in [0, 0.05) is 46.8 Å². The first kappa shape index (κ1) is 20.6. The molecule has 4 aromatic rings. The van der Waals surface area contributed by atoms with Crippen molar-refractivity contribution in [2.45, 2.75) is 18.8 Å². The predicted molar refractivity (Wildman–Crippen MR) is 134 cm³/mol. The second kappa shape index (κ2) is 8.68. The SMILES string of the molecule is C=C(Nc1cc2cc(-c3cnc(N)s3)ccc2cn1)c1ccnc(C2CCN(C)CC2)c1. The minimum Gasteiger partial charge on any atom is -0.375 e. The molecule has 1 saturated heterocycles. The fraction of sp³-hybridized carbons (Fsp3) is 0.240. The third-order valence-electron chi connectivity index (χ3n) is 6.08. The van der Waals surface area contributed by atoms with Crippen LogP contribution < -0.4 is 11.1 Å². The summed E-state index contributed by atoms with van der Waals surface area (Å²) >= 11 is 1.49. The van der Waals surface area contributed by atoms with E-state index in [0.717, 1.165) is 69.9 Å². The minimum atomic E-state index is 0.511. The number of likely N-dealkylation sites (tertiary alicyclic amines) is 1. The average molecular weight is 443 g/mol. The first-order valence-electron chi connectivity index (χ1n) is 10.8. The largest absolute Gasteiger partial charge is 0.375 e. The van der Waals surface area contributed by atoms with Gasteiger partial charge in [-0.05, 0) is 68.2 Å². The number of thiazole rings is 1. The zero-order valence-electron chi connectivity index (χ0n) is 18.1. The number of nitrogens with one attached hydrogen (secondary N) is 1. The van der Waals surface area contributed by atoms with E-state index in [2.05, 4.69) is 63.1 Å². The van der Waals surface area contributed by atoms with E-state index in [-0.39, 0.29) is 0 Å². The van der Waals surface area contributed by atoms with Crippen LogP contribution in [0.25, 0.3) is 26.9 Å². The smallest absolute Gasteiger partial charge is 0.180 e. The molecule has 1 aliphatic heterocycles. The Bertz CT molecular complexity index is 1270. The van der Waals surface area contributed by atoms with Crippen LogP contribution >= 0.6 is 11.3 Å². The lowest BCUT2D eigenvalue weighted by Gasteiger charge is -2.28. The molecule has 0 atom stereocenters. The highest BCUT2D eigenvalue weighted by Gasteiger charge is 2.20. The first-order chi connectivity index (χ1) is 15.5. The Hall–Kier alpha value is -3.29. The second-order valence-electron chi connectivity index (χ2n) is 8.34. The molecule has 0 unspecified atom stereocenters. The Morgan fingerprint density at radius 1 is 1.06 bits per heavy atom. The fourth-order valence-corrected chi connectivity index (χ4v) is 4.86. The summed E-state index contributed by atoms with van der Waals surface area (Å²) in [5.74, 6) is 1.28. The molecule has 3 aromatic heterocycles. The number of nitrogens with zero attached hydrogens (tertiary/aromatic N) is 4. The Kier molecular flexibility index (Phi) is 5.59. The molecule has 3 N–H and O–H groups in total. The first-order valence-corrected chi connectivity index (χ1v) is 11.6. The van der Waals surface area contributed by atoms with Crippen molar-refractivity contribution in [3.05, 3.63) is 72.8 Å². The number of rotatable bonds is 5. The van der Waals surface area contributed by atoms with Crippen molar-refractivity contribution in [3.8, 4) is 10.4 Å². The Labute approximate surface area is 191 Å². The van der Waals surface area contributed by atoms with Crippen LogP contribution in [0.1, 0.15) is 30.0 Å². The van der Waals surface area contributed by atoms with Crippen molar-refractivity contribution in [1.82, 2.24) is 19.9 Å². The van der Waals surface area contributed by atoms with Gasteiger partial charge in [0.15, 0.2) is 5.13 Å². The second-order valence-corrected chi connectivity index (χ2v) is 9.41. The number of benzene rings is 1. The number of nitrogens with two attached hydrogens (primary N) is 1. The quantitative estimate of drug-likeness (QED) is 0.441. The van der Waals surface area contributed by atoms with Crippen molar-refractivity contribution < 1.29 is 0 Å². The number of piperidine rings is 1. The van der Waals surface area contributed by atoms with Gasteiger partial charge < -0.3 is 16.0 Å². The summed E-state index contributed by atoms with van der Waals surface area (Å²) in [5.41, 5.74) is 9.91. The Balaban J connectivity index is 1.36. The highest BCUT2D eigenvalue weighted by atomic mass is 32.1. The van der Waals surface area contributed by atoms with Gasteiger partial charge in [0.2, 0.25) is 0 Å². The summed E-state index contributed by atoms with van der Waals surface area (Å²) in [6.45, 7) is 6.49. The number of hydrogen-bond acceptors (Lipinski definition) is 7. The van der Waals surface area contributed by atoms with Crippen molar-refractivity contribution in [2.75, 3.05) is 31.2 Å².